The van der Waals surface area contributed by atoms with Crippen LogP contribution in [0.3, 0.4) is 0 Å². The maximum Gasteiger partial charge on any atom is 0.337 e. The van der Waals surface area contributed by atoms with Gasteiger partial charge in [-0.25, -0.2) is 4.79 Å². The first-order valence-corrected chi connectivity index (χ1v) is 8.74. The summed E-state index contributed by atoms with van der Waals surface area (Å²) in [4.78, 5) is 13.9. The highest BCUT2D eigenvalue weighted by molar-refractivity contribution is 5.89. The van der Waals surface area contributed by atoms with Gasteiger partial charge in [0.05, 0.1) is 24.9 Å². The molecule has 0 atom stereocenters. The van der Waals surface area contributed by atoms with Gasteiger partial charge in [0.15, 0.2) is 0 Å². The lowest BCUT2D eigenvalue weighted by atomic mass is 9.87. The van der Waals surface area contributed by atoms with E-state index in [1.54, 1.807) is 0 Å². The molecule has 0 spiro atoms. The minimum absolute atomic E-state index is 0.0300. The predicted octanol–water partition coefficient (Wildman–Crippen LogP) is 3.00. The first-order chi connectivity index (χ1) is 11.8. The Morgan fingerprint density at radius 3 is 2.52 bits per heavy atom. The number of rotatable bonds is 3. The Balaban J connectivity index is 1.91. The maximum atomic E-state index is 11.6. The zero-order valence-electron chi connectivity index (χ0n) is 15.8. The Morgan fingerprint density at radius 2 is 1.92 bits per heavy atom. The number of aromatic nitrogens is 2. The zero-order chi connectivity index (χ0) is 18.2. The van der Waals surface area contributed by atoms with Crippen molar-refractivity contribution in [2.75, 3.05) is 20.7 Å². The van der Waals surface area contributed by atoms with Crippen molar-refractivity contribution in [1.82, 2.24) is 14.7 Å². The number of likely N-dealkylation sites (N-methyl/N-ethyl adjacent to an activating group) is 1. The van der Waals surface area contributed by atoms with Crippen LogP contribution in [0.4, 0.5) is 0 Å². The van der Waals surface area contributed by atoms with Crippen LogP contribution in [-0.4, -0.2) is 41.4 Å². The molecule has 0 N–H and O–H groups in total. The lowest BCUT2D eigenvalue weighted by Gasteiger charge is -2.26. The predicted molar refractivity (Wildman–Crippen MR) is 97.8 cm³/mol. The van der Waals surface area contributed by atoms with E-state index in [0.29, 0.717) is 5.56 Å². The molecule has 1 aliphatic heterocycles. The van der Waals surface area contributed by atoms with Crippen LogP contribution in [0, 0.1) is 0 Å². The van der Waals surface area contributed by atoms with E-state index in [2.05, 4.69) is 37.4 Å². The van der Waals surface area contributed by atoms with Crippen molar-refractivity contribution in [3.63, 3.8) is 0 Å². The number of methoxy groups -OCH3 is 1. The van der Waals surface area contributed by atoms with Gasteiger partial charge >= 0.3 is 5.97 Å². The summed E-state index contributed by atoms with van der Waals surface area (Å²) in [6.07, 6.45) is 1.02. The molecule has 0 amide bonds. The average molecular weight is 341 g/mol. The van der Waals surface area contributed by atoms with Gasteiger partial charge in [0.1, 0.15) is 0 Å². The summed E-state index contributed by atoms with van der Waals surface area (Å²) < 4.78 is 6.91. The maximum absolute atomic E-state index is 11.6. The minimum Gasteiger partial charge on any atom is -0.465 e. The molecule has 0 saturated carbocycles. The number of nitrogens with zero attached hydrogens (tertiary/aromatic N) is 3. The average Bonchev–Trinajstić information content (AvgIpc) is 2.92. The van der Waals surface area contributed by atoms with Crippen LogP contribution in [0.2, 0.25) is 0 Å². The summed E-state index contributed by atoms with van der Waals surface area (Å²) in [5.74, 6) is -0.305. The van der Waals surface area contributed by atoms with E-state index >= 15 is 0 Å². The summed E-state index contributed by atoms with van der Waals surface area (Å²) in [6.45, 7) is 9.41. The molecule has 2 heterocycles. The number of esters is 1. The molecule has 0 saturated heterocycles. The van der Waals surface area contributed by atoms with E-state index in [9.17, 15) is 4.79 Å². The third-order valence-corrected chi connectivity index (χ3v) is 4.74. The monoisotopic (exact) mass is 341 g/mol. The van der Waals surface area contributed by atoms with Gasteiger partial charge in [0, 0.05) is 36.2 Å². The molecule has 5 nitrogen and oxygen atoms in total. The molecular weight excluding hydrogens is 314 g/mol. The van der Waals surface area contributed by atoms with Crippen molar-refractivity contribution in [1.29, 1.82) is 0 Å². The van der Waals surface area contributed by atoms with E-state index in [1.165, 1.54) is 24.1 Å². The van der Waals surface area contributed by atoms with E-state index in [4.69, 9.17) is 9.84 Å². The third kappa shape index (κ3) is 3.61. The van der Waals surface area contributed by atoms with Crippen LogP contribution >= 0.6 is 0 Å². The number of hydrogen-bond donors (Lipinski definition) is 0. The normalized spacial score (nSPS) is 15.1. The first-order valence-electron chi connectivity index (χ1n) is 8.74. The fourth-order valence-electron chi connectivity index (χ4n) is 3.40. The standard InChI is InChI=1S/C20H27N3O2/c1-20(2,3)18-16-13-22(4)11-10-17(16)23(21-18)12-14-6-8-15(9-7-14)19(24)25-5/h6-9H,10-13H2,1-5H3. The Hall–Kier alpha value is -2.14. The van der Waals surface area contributed by atoms with Gasteiger partial charge in [-0.1, -0.05) is 32.9 Å². The minimum atomic E-state index is -0.305. The lowest BCUT2D eigenvalue weighted by Crippen LogP contribution is -2.29. The first kappa shape index (κ1) is 17.7. The molecule has 1 aromatic carbocycles. The quantitative estimate of drug-likeness (QED) is 0.805. The van der Waals surface area contributed by atoms with Gasteiger partial charge in [-0.05, 0) is 24.7 Å². The van der Waals surface area contributed by atoms with Gasteiger partial charge in [0.2, 0.25) is 0 Å². The highest BCUT2D eigenvalue weighted by Crippen LogP contribution is 2.31. The number of carbonyl (C=O) groups is 1. The SMILES string of the molecule is COC(=O)c1ccc(Cn2nc(C(C)(C)C)c3c2CCN(C)C3)cc1. The van der Waals surface area contributed by atoms with Crippen molar-refractivity contribution in [2.45, 2.75) is 45.7 Å². The lowest BCUT2D eigenvalue weighted by molar-refractivity contribution is 0.0600. The summed E-state index contributed by atoms with van der Waals surface area (Å²) in [6, 6.07) is 7.59. The molecular formula is C20H27N3O2. The van der Waals surface area contributed by atoms with Gasteiger partial charge in [-0.2, -0.15) is 5.10 Å². The second-order valence-electron chi connectivity index (χ2n) is 7.86. The molecule has 0 aliphatic carbocycles. The molecule has 25 heavy (non-hydrogen) atoms. The molecule has 5 heteroatoms. The van der Waals surface area contributed by atoms with Crippen molar-refractivity contribution < 1.29 is 9.53 Å². The number of ether oxygens (including phenoxy) is 1. The number of benzene rings is 1. The zero-order valence-corrected chi connectivity index (χ0v) is 15.8. The Labute approximate surface area is 149 Å². The van der Waals surface area contributed by atoms with E-state index < -0.39 is 0 Å². The molecule has 3 rings (SSSR count). The van der Waals surface area contributed by atoms with Gasteiger partial charge in [0.25, 0.3) is 0 Å². The molecule has 0 radical (unpaired) electrons. The molecule has 0 unspecified atom stereocenters. The molecule has 0 bridgehead atoms. The van der Waals surface area contributed by atoms with E-state index in [1.807, 2.05) is 24.3 Å². The summed E-state index contributed by atoms with van der Waals surface area (Å²) in [5, 5.41) is 4.96. The number of carbonyl (C=O) groups excluding carboxylic acids is 1. The van der Waals surface area contributed by atoms with Crippen LogP contribution in [0.5, 0.6) is 0 Å². The van der Waals surface area contributed by atoms with Crippen LogP contribution in [0.15, 0.2) is 24.3 Å². The Bertz CT molecular complexity index is 769. The fraction of sp³-hybridized carbons (Fsp3) is 0.500. The van der Waals surface area contributed by atoms with E-state index in [0.717, 1.165) is 31.6 Å². The largest absolute Gasteiger partial charge is 0.465 e. The summed E-state index contributed by atoms with van der Waals surface area (Å²) in [5.41, 5.74) is 5.67. The molecule has 1 aromatic heterocycles. The van der Waals surface area contributed by atoms with Crippen molar-refractivity contribution >= 4 is 5.97 Å². The van der Waals surface area contributed by atoms with Gasteiger partial charge in [-0.15, -0.1) is 0 Å². The van der Waals surface area contributed by atoms with Crippen LogP contribution in [0.1, 0.15) is 53.6 Å². The van der Waals surface area contributed by atoms with Gasteiger partial charge in [-0.3, -0.25) is 4.68 Å². The number of hydrogen-bond acceptors (Lipinski definition) is 4. The smallest absolute Gasteiger partial charge is 0.337 e. The summed E-state index contributed by atoms with van der Waals surface area (Å²) >= 11 is 0. The van der Waals surface area contributed by atoms with Crippen LogP contribution in [-0.2, 0) is 29.7 Å². The fourth-order valence-corrected chi connectivity index (χ4v) is 3.40. The van der Waals surface area contributed by atoms with Gasteiger partial charge < -0.3 is 9.64 Å². The Kier molecular flexibility index (Phi) is 4.69. The summed E-state index contributed by atoms with van der Waals surface area (Å²) in [7, 11) is 3.57. The highest BCUT2D eigenvalue weighted by Gasteiger charge is 2.29. The topological polar surface area (TPSA) is 47.4 Å². The van der Waals surface area contributed by atoms with Crippen LogP contribution in [0.25, 0.3) is 0 Å². The second-order valence-corrected chi connectivity index (χ2v) is 7.86. The van der Waals surface area contributed by atoms with E-state index in [-0.39, 0.29) is 11.4 Å². The molecule has 1 aliphatic rings. The van der Waals surface area contributed by atoms with Crippen molar-refractivity contribution in [2.24, 2.45) is 0 Å². The van der Waals surface area contributed by atoms with Crippen LogP contribution < -0.4 is 0 Å². The van der Waals surface area contributed by atoms with Crippen molar-refractivity contribution in [3.8, 4) is 0 Å². The Morgan fingerprint density at radius 1 is 1.24 bits per heavy atom. The molecule has 0 fully saturated rings. The van der Waals surface area contributed by atoms with Crippen molar-refractivity contribution in [3.05, 3.63) is 52.3 Å². The second kappa shape index (κ2) is 6.64. The third-order valence-electron chi connectivity index (χ3n) is 4.74. The number of fused-ring (bicyclic) bond motifs is 1. The highest BCUT2D eigenvalue weighted by atomic mass is 16.5. The molecule has 134 valence electrons. The molecule has 2 aromatic rings.